The Kier molecular flexibility index (Phi) is 6.18. The van der Waals surface area contributed by atoms with Crippen molar-refractivity contribution in [3.05, 3.63) is 0 Å². The molecule has 0 atom stereocenters. The Labute approximate surface area is 98.7 Å². The van der Waals surface area contributed by atoms with E-state index < -0.39 is 0 Å². The molecule has 1 aliphatic rings. The normalized spacial score (nSPS) is 20.0. The number of hydrogen-bond acceptors (Lipinski definition) is 3. The van der Waals surface area contributed by atoms with E-state index in [9.17, 15) is 0 Å². The number of likely N-dealkylation sites (N-methyl/N-ethyl adjacent to an activating group) is 1. The van der Waals surface area contributed by atoms with Gasteiger partial charge in [0.05, 0.1) is 0 Å². The number of nitrogens with one attached hydrogen (secondary N) is 1. The Morgan fingerprint density at radius 2 is 2.00 bits per heavy atom. The third-order valence-electron chi connectivity index (χ3n) is 2.84. The topological polar surface area (TPSA) is 56.9 Å². The second-order valence-electron chi connectivity index (χ2n) is 4.34. The molecule has 5 nitrogen and oxygen atoms in total. The van der Waals surface area contributed by atoms with Crippen LogP contribution in [-0.2, 0) is 0 Å². The van der Waals surface area contributed by atoms with Crippen LogP contribution in [0.15, 0.2) is 4.99 Å². The van der Waals surface area contributed by atoms with Crippen molar-refractivity contribution in [2.24, 2.45) is 10.7 Å². The lowest BCUT2D eigenvalue weighted by Crippen LogP contribution is -2.47. The zero-order valence-electron chi connectivity index (χ0n) is 10.6. The van der Waals surface area contributed by atoms with Crippen molar-refractivity contribution >= 4 is 5.96 Å². The molecule has 3 N–H and O–H groups in total. The van der Waals surface area contributed by atoms with Crippen molar-refractivity contribution in [2.45, 2.75) is 13.3 Å². The first-order valence-electron chi connectivity index (χ1n) is 6.17. The van der Waals surface area contributed by atoms with Crippen LogP contribution in [0.5, 0.6) is 0 Å². The van der Waals surface area contributed by atoms with E-state index in [2.05, 4.69) is 34.1 Å². The molecule has 0 aliphatic carbocycles. The van der Waals surface area contributed by atoms with Crippen LogP contribution < -0.4 is 11.1 Å². The molecule has 0 aromatic heterocycles. The summed E-state index contributed by atoms with van der Waals surface area (Å²) >= 11 is 0. The lowest BCUT2D eigenvalue weighted by Gasteiger charge is -2.32. The molecule has 0 bridgehead atoms. The molecule has 0 aromatic rings. The molecule has 16 heavy (non-hydrogen) atoms. The van der Waals surface area contributed by atoms with Crippen LogP contribution in [0, 0.1) is 0 Å². The number of aliphatic imine (C=N–C) groups is 1. The Hall–Kier alpha value is -0.810. The predicted molar refractivity (Wildman–Crippen MR) is 68.7 cm³/mol. The highest BCUT2D eigenvalue weighted by Crippen LogP contribution is 1.97. The molecular weight excluding hydrogens is 202 g/mol. The Morgan fingerprint density at radius 3 is 2.62 bits per heavy atom. The van der Waals surface area contributed by atoms with Crippen LogP contribution in [0.3, 0.4) is 0 Å². The van der Waals surface area contributed by atoms with Crippen LogP contribution in [-0.4, -0.2) is 68.6 Å². The molecular formula is C11H25N5. The van der Waals surface area contributed by atoms with Crippen LogP contribution in [0.1, 0.15) is 13.3 Å². The number of piperazine rings is 1. The minimum atomic E-state index is 0.580. The van der Waals surface area contributed by atoms with E-state index in [-0.39, 0.29) is 0 Å². The van der Waals surface area contributed by atoms with Gasteiger partial charge in [-0.3, -0.25) is 9.89 Å². The van der Waals surface area contributed by atoms with Crippen molar-refractivity contribution in [1.29, 1.82) is 0 Å². The number of guanidine groups is 1. The van der Waals surface area contributed by atoms with Crippen molar-refractivity contribution in [3.8, 4) is 0 Å². The molecule has 1 saturated heterocycles. The number of hydrogen-bond donors (Lipinski definition) is 2. The maximum atomic E-state index is 5.71. The highest BCUT2D eigenvalue weighted by atomic mass is 15.3. The molecule has 1 aliphatic heterocycles. The summed E-state index contributed by atoms with van der Waals surface area (Å²) in [6.07, 6.45) is 1.04. The van der Waals surface area contributed by atoms with Gasteiger partial charge in [-0.1, -0.05) is 6.92 Å². The van der Waals surface area contributed by atoms with Crippen LogP contribution in [0.2, 0.25) is 0 Å². The minimum Gasteiger partial charge on any atom is -0.370 e. The average Bonchev–Trinajstić information content (AvgIpc) is 2.29. The summed E-state index contributed by atoms with van der Waals surface area (Å²) in [5, 5.41) is 3.15. The van der Waals surface area contributed by atoms with Gasteiger partial charge in [-0.25, -0.2) is 0 Å². The summed E-state index contributed by atoms with van der Waals surface area (Å²) in [4.78, 5) is 9.01. The van der Waals surface area contributed by atoms with Gasteiger partial charge in [0.1, 0.15) is 0 Å². The zero-order chi connectivity index (χ0) is 11.8. The Balaban J connectivity index is 2.06. The maximum absolute atomic E-state index is 5.71. The molecule has 1 rings (SSSR count). The van der Waals surface area contributed by atoms with Gasteiger partial charge < -0.3 is 16.0 Å². The first-order chi connectivity index (χ1) is 7.72. The summed E-state index contributed by atoms with van der Waals surface area (Å²) in [6, 6.07) is 0. The molecule has 0 amide bonds. The summed E-state index contributed by atoms with van der Waals surface area (Å²) in [5.74, 6) is 0.580. The SMILES string of the molecule is CCCN=C(N)NCCN1CCN(C)CC1. The second kappa shape index (κ2) is 7.46. The lowest BCUT2D eigenvalue weighted by atomic mass is 10.3. The van der Waals surface area contributed by atoms with Crippen molar-refractivity contribution in [3.63, 3.8) is 0 Å². The fourth-order valence-electron chi connectivity index (χ4n) is 1.70. The van der Waals surface area contributed by atoms with Crippen molar-refractivity contribution in [1.82, 2.24) is 15.1 Å². The highest BCUT2D eigenvalue weighted by molar-refractivity contribution is 5.77. The van der Waals surface area contributed by atoms with E-state index in [4.69, 9.17) is 5.73 Å². The molecule has 0 spiro atoms. The van der Waals surface area contributed by atoms with Gasteiger partial charge in [0.15, 0.2) is 5.96 Å². The molecule has 5 heteroatoms. The molecule has 0 unspecified atom stereocenters. The third-order valence-corrected chi connectivity index (χ3v) is 2.84. The van der Waals surface area contributed by atoms with E-state index in [0.29, 0.717) is 5.96 Å². The van der Waals surface area contributed by atoms with E-state index in [1.165, 1.54) is 13.1 Å². The van der Waals surface area contributed by atoms with Gasteiger partial charge in [-0.2, -0.15) is 0 Å². The van der Waals surface area contributed by atoms with Crippen molar-refractivity contribution < 1.29 is 0 Å². The van der Waals surface area contributed by atoms with Crippen LogP contribution in [0.4, 0.5) is 0 Å². The largest absolute Gasteiger partial charge is 0.370 e. The first kappa shape index (κ1) is 13.3. The number of rotatable bonds is 5. The highest BCUT2D eigenvalue weighted by Gasteiger charge is 2.12. The summed E-state index contributed by atoms with van der Waals surface area (Å²) < 4.78 is 0. The van der Waals surface area contributed by atoms with Crippen molar-refractivity contribution in [2.75, 3.05) is 52.9 Å². The first-order valence-corrected chi connectivity index (χ1v) is 6.17. The smallest absolute Gasteiger partial charge is 0.188 e. The second-order valence-corrected chi connectivity index (χ2v) is 4.34. The number of nitrogens with zero attached hydrogens (tertiary/aromatic N) is 3. The fourth-order valence-corrected chi connectivity index (χ4v) is 1.70. The molecule has 0 radical (unpaired) electrons. The van der Waals surface area contributed by atoms with Crippen LogP contribution in [0.25, 0.3) is 0 Å². The molecule has 1 heterocycles. The van der Waals surface area contributed by atoms with Crippen LogP contribution >= 0.6 is 0 Å². The van der Waals surface area contributed by atoms with E-state index in [0.717, 1.165) is 39.1 Å². The summed E-state index contributed by atoms with van der Waals surface area (Å²) in [7, 11) is 2.17. The molecule has 94 valence electrons. The predicted octanol–water partition coefficient (Wildman–Crippen LogP) is -0.452. The number of nitrogens with two attached hydrogens (primary N) is 1. The molecule has 0 aromatic carbocycles. The van der Waals surface area contributed by atoms with E-state index >= 15 is 0 Å². The van der Waals surface area contributed by atoms with E-state index in [1.54, 1.807) is 0 Å². The van der Waals surface area contributed by atoms with Gasteiger partial charge in [0.2, 0.25) is 0 Å². The zero-order valence-corrected chi connectivity index (χ0v) is 10.6. The fraction of sp³-hybridized carbons (Fsp3) is 0.909. The minimum absolute atomic E-state index is 0.580. The Bertz CT molecular complexity index is 208. The Morgan fingerprint density at radius 1 is 1.31 bits per heavy atom. The van der Waals surface area contributed by atoms with Gasteiger partial charge in [-0.05, 0) is 13.5 Å². The van der Waals surface area contributed by atoms with Gasteiger partial charge in [-0.15, -0.1) is 0 Å². The summed E-state index contributed by atoms with van der Waals surface area (Å²) in [6.45, 7) is 9.50. The van der Waals surface area contributed by atoms with Gasteiger partial charge in [0.25, 0.3) is 0 Å². The summed E-state index contributed by atoms with van der Waals surface area (Å²) in [5.41, 5.74) is 5.71. The monoisotopic (exact) mass is 227 g/mol. The quantitative estimate of drug-likeness (QED) is 0.493. The van der Waals surface area contributed by atoms with E-state index in [1.807, 2.05) is 0 Å². The molecule has 1 fully saturated rings. The standard InChI is InChI=1S/C11H25N5/c1-3-4-13-11(12)14-5-6-16-9-7-15(2)8-10-16/h3-10H2,1-2H3,(H3,12,13,14). The van der Waals surface area contributed by atoms with Gasteiger partial charge >= 0.3 is 0 Å². The average molecular weight is 227 g/mol. The maximum Gasteiger partial charge on any atom is 0.188 e. The molecule has 0 saturated carbocycles. The lowest BCUT2D eigenvalue weighted by molar-refractivity contribution is 0.156. The van der Waals surface area contributed by atoms with Gasteiger partial charge in [0, 0.05) is 45.8 Å². The third kappa shape index (κ3) is 5.32.